The van der Waals surface area contributed by atoms with Gasteiger partial charge in [0.15, 0.2) is 0 Å². The SMILES string of the molecule is CNc1ccccc1S(=O)(=O)NC1CCC(OC)C1. The van der Waals surface area contributed by atoms with E-state index in [9.17, 15) is 8.42 Å². The summed E-state index contributed by atoms with van der Waals surface area (Å²) in [5.41, 5.74) is 0.608. The molecule has 2 atom stereocenters. The summed E-state index contributed by atoms with van der Waals surface area (Å²) < 4.78 is 32.8. The van der Waals surface area contributed by atoms with Crippen molar-refractivity contribution in [1.29, 1.82) is 0 Å². The van der Waals surface area contributed by atoms with Crippen molar-refractivity contribution >= 4 is 15.7 Å². The van der Waals surface area contributed by atoms with Gasteiger partial charge in [0.2, 0.25) is 10.0 Å². The Balaban J connectivity index is 2.15. The molecule has 0 spiro atoms. The Bertz CT molecular complexity index is 530. The van der Waals surface area contributed by atoms with Crippen LogP contribution < -0.4 is 10.0 Å². The van der Waals surface area contributed by atoms with Crippen LogP contribution in [0.15, 0.2) is 29.2 Å². The highest BCUT2D eigenvalue weighted by Crippen LogP contribution is 2.25. The molecule has 1 aromatic carbocycles. The zero-order valence-corrected chi connectivity index (χ0v) is 12.0. The monoisotopic (exact) mass is 284 g/mol. The highest BCUT2D eigenvalue weighted by molar-refractivity contribution is 7.89. The molecule has 5 nitrogen and oxygen atoms in total. The first kappa shape index (κ1) is 14.3. The molecular formula is C13H20N2O3S. The standard InChI is InChI=1S/C13H20N2O3S/c1-14-12-5-3-4-6-13(12)19(16,17)15-10-7-8-11(9-10)18-2/h3-6,10-11,14-15H,7-9H2,1-2H3. The molecule has 2 rings (SSSR count). The van der Waals surface area contributed by atoms with E-state index in [-0.39, 0.29) is 12.1 Å². The van der Waals surface area contributed by atoms with Gasteiger partial charge in [-0.3, -0.25) is 0 Å². The number of ether oxygens (including phenoxy) is 1. The Labute approximate surface area is 114 Å². The van der Waals surface area contributed by atoms with Crippen LogP contribution in [0.4, 0.5) is 5.69 Å². The first-order valence-corrected chi connectivity index (χ1v) is 7.87. The van der Waals surface area contributed by atoms with Gasteiger partial charge in [-0.1, -0.05) is 12.1 Å². The molecule has 0 radical (unpaired) electrons. The maximum atomic E-state index is 12.4. The molecule has 0 saturated heterocycles. The normalized spacial score (nSPS) is 23.5. The number of methoxy groups -OCH3 is 1. The molecule has 1 fully saturated rings. The highest BCUT2D eigenvalue weighted by atomic mass is 32.2. The molecule has 0 aliphatic heterocycles. The average molecular weight is 284 g/mol. The van der Waals surface area contributed by atoms with Gasteiger partial charge < -0.3 is 10.1 Å². The maximum absolute atomic E-state index is 12.4. The topological polar surface area (TPSA) is 67.4 Å². The summed E-state index contributed by atoms with van der Waals surface area (Å²) in [7, 11) is -0.108. The van der Waals surface area contributed by atoms with Crippen LogP contribution in [0, 0.1) is 0 Å². The third kappa shape index (κ3) is 3.26. The van der Waals surface area contributed by atoms with Crippen molar-refractivity contribution in [2.24, 2.45) is 0 Å². The zero-order chi connectivity index (χ0) is 13.9. The van der Waals surface area contributed by atoms with Gasteiger partial charge in [-0.2, -0.15) is 0 Å². The molecule has 1 aromatic rings. The van der Waals surface area contributed by atoms with Gasteiger partial charge in [-0.15, -0.1) is 0 Å². The van der Waals surface area contributed by atoms with Crippen LogP contribution in [0.2, 0.25) is 0 Å². The van der Waals surface area contributed by atoms with Crippen LogP contribution >= 0.6 is 0 Å². The largest absolute Gasteiger partial charge is 0.387 e. The Morgan fingerprint density at radius 1 is 1.26 bits per heavy atom. The predicted molar refractivity (Wildman–Crippen MR) is 74.7 cm³/mol. The van der Waals surface area contributed by atoms with E-state index in [0.29, 0.717) is 10.6 Å². The number of anilines is 1. The lowest BCUT2D eigenvalue weighted by molar-refractivity contribution is 0.107. The van der Waals surface area contributed by atoms with Gasteiger partial charge in [0.25, 0.3) is 0 Å². The number of hydrogen-bond acceptors (Lipinski definition) is 4. The second-order valence-electron chi connectivity index (χ2n) is 4.74. The van der Waals surface area contributed by atoms with Crippen molar-refractivity contribution in [2.45, 2.75) is 36.3 Å². The van der Waals surface area contributed by atoms with Crippen LogP contribution in [0.3, 0.4) is 0 Å². The molecule has 1 aliphatic rings. The molecule has 2 unspecified atom stereocenters. The van der Waals surface area contributed by atoms with E-state index in [4.69, 9.17) is 4.74 Å². The summed E-state index contributed by atoms with van der Waals surface area (Å²) in [6, 6.07) is 6.85. The number of benzene rings is 1. The van der Waals surface area contributed by atoms with Gasteiger partial charge >= 0.3 is 0 Å². The number of rotatable bonds is 5. The number of nitrogens with one attached hydrogen (secondary N) is 2. The van der Waals surface area contributed by atoms with E-state index in [1.165, 1.54) is 0 Å². The van der Waals surface area contributed by atoms with Crippen molar-refractivity contribution < 1.29 is 13.2 Å². The van der Waals surface area contributed by atoms with Crippen LogP contribution in [-0.4, -0.2) is 34.7 Å². The van der Waals surface area contributed by atoms with E-state index >= 15 is 0 Å². The van der Waals surface area contributed by atoms with E-state index in [0.717, 1.165) is 19.3 Å². The van der Waals surface area contributed by atoms with Crippen molar-refractivity contribution in [3.63, 3.8) is 0 Å². The van der Waals surface area contributed by atoms with Crippen molar-refractivity contribution in [3.8, 4) is 0 Å². The molecule has 0 aromatic heterocycles. The molecular weight excluding hydrogens is 264 g/mol. The van der Waals surface area contributed by atoms with Gasteiger partial charge in [-0.25, -0.2) is 13.1 Å². The summed E-state index contributed by atoms with van der Waals surface area (Å²) >= 11 is 0. The number of sulfonamides is 1. The number of para-hydroxylation sites is 1. The first-order chi connectivity index (χ1) is 9.06. The predicted octanol–water partition coefficient (Wildman–Crippen LogP) is 1.57. The number of hydrogen-bond donors (Lipinski definition) is 2. The fraction of sp³-hybridized carbons (Fsp3) is 0.538. The van der Waals surface area contributed by atoms with E-state index < -0.39 is 10.0 Å². The Hall–Kier alpha value is -1.11. The Kier molecular flexibility index (Phi) is 4.44. The van der Waals surface area contributed by atoms with E-state index in [1.807, 2.05) is 0 Å². The van der Waals surface area contributed by atoms with Crippen LogP contribution in [0.1, 0.15) is 19.3 Å². The molecule has 0 heterocycles. The second-order valence-corrected chi connectivity index (χ2v) is 6.42. The second kappa shape index (κ2) is 5.90. The first-order valence-electron chi connectivity index (χ1n) is 6.38. The van der Waals surface area contributed by atoms with Gasteiger partial charge in [0.05, 0.1) is 11.8 Å². The van der Waals surface area contributed by atoms with Gasteiger partial charge in [0, 0.05) is 20.2 Å². The van der Waals surface area contributed by atoms with Crippen molar-refractivity contribution in [2.75, 3.05) is 19.5 Å². The molecule has 6 heteroatoms. The Morgan fingerprint density at radius 3 is 2.63 bits per heavy atom. The van der Waals surface area contributed by atoms with Crippen molar-refractivity contribution in [1.82, 2.24) is 4.72 Å². The fourth-order valence-corrected chi connectivity index (χ4v) is 3.95. The van der Waals surface area contributed by atoms with Gasteiger partial charge in [0.1, 0.15) is 4.90 Å². The van der Waals surface area contributed by atoms with E-state index in [2.05, 4.69) is 10.0 Å². The molecule has 1 saturated carbocycles. The van der Waals surface area contributed by atoms with Crippen molar-refractivity contribution in [3.05, 3.63) is 24.3 Å². The lowest BCUT2D eigenvalue weighted by Crippen LogP contribution is -2.33. The third-order valence-electron chi connectivity index (χ3n) is 3.49. The quantitative estimate of drug-likeness (QED) is 0.861. The molecule has 106 valence electrons. The molecule has 2 N–H and O–H groups in total. The average Bonchev–Trinajstić information content (AvgIpc) is 2.85. The molecule has 0 bridgehead atoms. The maximum Gasteiger partial charge on any atom is 0.242 e. The summed E-state index contributed by atoms with van der Waals surface area (Å²) in [5.74, 6) is 0. The third-order valence-corrected chi connectivity index (χ3v) is 5.06. The minimum absolute atomic E-state index is 0.0418. The minimum atomic E-state index is -3.49. The summed E-state index contributed by atoms with van der Waals surface area (Å²) in [5, 5.41) is 2.90. The van der Waals surface area contributed by atoms with Crippen LogP contribution in [-0.2, 0) is 14.8 Å². The summed E-state index contributed by atoms with van der Waals surface area (Å²) in [4.78, 5) is 0.290. The summed E-state index contributed by atoms with van der Waals surface area (Å²) in [6.45, 7) is 0. The molecule has 19 heavy (non-hydrogen) atoms. The molecule has 0 amide bonds. The lowest BCUT2D eigenvalue weighted by atomic mass is 10.3. The minimum Gasteiger partial charge on any atom is -0.387 e. The van der Waals surface area contributed by atoms with E-state index in [1.54, 1.807) is 38.4 Å². The van der Waals surface area contributed by atoms with Gasteiger partial charge in [-0.05, 0) is 31.4 Å². The van der Waals surface area contributed by atoms with Crippen LogP contribution in [0.25, 0.3) is 0 Å². The zero-order valence-electron chi connectivity index (χ0n) is 11.2. The fourth-order valence-electron chi connectivity index (χ4n) is 2.45. The smallest absolute Gasteiger partial charge is 0.242 e. The highest BCUT2D eigenvalue weighted by Gasteiger charge is 2.29. The summed E-state index contributed by atoms with van der Waals surface area (Å²) in [6.07, 6.45) is 2.61. The molecule has 1 aliphatic carbocycles. The van der Waals surface area contributed by atoms with Crippen LogP contribution in [0.5, 0.6) is 0 Å². The lowest BCUT2D eigenvalue weighted by Gasteiger charge is -2.15. The Morgan fingerprint density at radius 2 is 2.00 bits per heavy atom.